The van der Waals surface area contributed by atoms with Gasteiger partial charge in [0.2, 0.25) is 10.0 Å². The highest BCUT2D eigenvalue weighted by atomic mass is 32.2. The molecule has 0 fully saturated rings. The van der Waals surface area contributed by atoms with Crippen molar-refractivity contribution >= 4 is 33.6 Å². The van der Waals surface area contributed by atoms with Gasteiger partial charge >= 0.3 is 0 Å². The van der Waals surface area contributed by atoms with Gasteiger partial charge in [-0.25, -0.2) is 8.42 Å². The summed E-state index contributed by atoms with van der Waals surface area (Å²) >= 11 is 4.15. The molecule has 92 valence electrons. The third-order valence-corrected chi connectivity index (χ3v) is 4.04. The number of hydrogen-bond acceptors (Lipinski definition) is 4. The maximum Gasteiger partial charge on any atom is 0.241 e. The summed E-state index contributed by atoms with van der Waals surface area (Å²) in [5.74, 6) is 0. The van der Waals surface area contributed by atoms with Crippen LogP contribution in [0.3, 0.4) is 0 Å². The molecule has 0 saturated heterocycles. The number of rotatable bonds is 3. The molecular formula is C11H13NO3S2. The normalized spacial score (nSPS) is 13.1. The first-order valence-electron chi connectivity index (χ1n) is 5.02. The maximum atomic E-state index is 12.0. The lowest BCUT2D eigenvalue weighted by Gasteiger charge is -2.19. The van der Waals surface area contributed by atoms with Crippen LogP contribution in [0.4, 0.5) is 0 Å². The van der Waals surface area contributed by atoms with Gasteiger partial charge in [0.1, 0.15) is 5.58 Å². The zero-order valence-corrected chi connectivity index (χ0v) is 11.2. The summed E-state index contributed by atoms with van der Waals surface area (Å²) in [6.07, 6.45) is 1.52. The summed E-state index contributed by atoms with van der Waals surface area (Å²) < 4.78 is 31.7. The summed E-state index contributed by atoms with van der Waals surface area (Å²) in [5, 5.41) is 0.870. The maximum absolute atomic E-state index is 12.0. The van der Waals surface area contributed by atoms with Crippen LogP contribution < -0.4 is 4.72 Å². The van der Waals surface area contributed by atoms with Gasteiger partial charge in [-0.1, -0.05) is 0 Å². The first kappa shape index (κ1) is 12.5. The van der Waals surface area contributed by atoms with Gasteiger partial charge in [0.15, 0.2) is 0 Å². The molecule has 0 aliphatic heterocycles. The van der Waals surface area contributed by atoms with Crippen molar-refractivity contribution in [2.24, 2.45) is 0 Å². The van der Waals surface area contributed by atoms with Gasteiger partial charge in [0, 0.05) is 11.5 Å². The predicted molar refractivity (Wildman–Crippen MR) is 69.6 cm³/mol. The molecule has 0 amide bonds. The van der Waals surface area contributed by atoms with Crippen molar-refractivity contribution in [2.45, 2.75) is 23.6 Å². The van der Waals surface area contributed by atoms with Gasteiger partial charge < -0.3 is 4.42 Å². The Hall–Kier alpha value is -0.980. The highest BCUT2D eigenvalue weighted by Gasteiger charge is 2.23. The van der Waals surface area contributed by atoms with Crippen molar-refractivity contribution in [3.8, 4) is 0 Å². The van der Waals surface area contributed by atoms with Crippen LogP contribution >= 0.6 is 12.6 Å². The average Bonchev–Trinajstić information content (AvgIpc) is 2.59. The lowest BCUT2D eigenvalue weighted by molar-refractivity contribution is 0.559. The van der Waals surface area contributed by atoms with Crippen molar-refractivity contribution in [1.29, 1.82) is 0 Å². The number of hydrogen-bond donors (Lipinski definition) is 2. The molecule has 0 bridgehead atoms. The van der Waals surface area contributed by atoms with E-state index in [2.05, 4.69) is 17.4 Å². The molecule has 2 aromatic rings. The van der Waals surface area contributed by atoms with Gasteiger partial charge in [-0.15, -0.1) is 0 Å². The summed E-state index contributed by atoms with van der Waals surface area (Å²) in [6.45, 7) is 3.33. The van der Waals surface area contributed by atoms with E-state index in [9.17, 15) is 8.42 Å². The first-order valence-corrected chi connectivity index (χ1v) is 6.95. The average molecular weight is 271 g/mol. The molecule has 0 unspecified atom stereocenters. The highest BCUT2D eigenvalue weighted by Crippen LogP contribution is 2.21. The van der Waals surface area contributed by atoms with Crippen LogP contribution in [0.5, 0.6) is 0 Å². The molecule has 1 aromatic carbocycles. The van der Waals surface area contributed by atoms with E-state index < -0.39 is 14.9 Å². The van der Waals surface area contributed by atoms with E-state index in [-0.39, 0.29) is 4.90 Å². The minimum absolute atomic E-state index is 0.169. The topological polar surface area (TPSA) is 59.3 Å². The van der Waals surface area contributed by atoms with Crippen molar-refractivity contribution in [1.82, 2.24) is 4.72 Å². The molecule has 0 aliphatic carbocycles. The molecule has 1 N–H and O–H groups in total. The van der Waals surface area contributed by atoms with Gasteiger partial charge in [0.05, 0.1) is 16.0 Å². The lowest BCUT2D eigenvalue weighted by Crippen LogP contribution is -2.38. The number of fused-ring (bicyclic) bond motifs is 1. The van der Waals surface area contributed by atoms with Crippen LogP contribution in [0.15, 0.2) is 39.8 Å². The summed E-state index contributed by atoms with van der Waals surface area (Å²) in [6, 6.07) is 6.53. The Bertz CT molecular complexity index is 638. The van der Waals surface area contributed by atoms with E-state index in [1.54, 1.807) is 32.0 Å². The van der Waals surface area contributed by atoms with E-state index in [1.165, 1.54) is 12.3 Å². The van der Waals surface area contributed by atoms with E-state index in [4.69, 9.17) is 4.42 Å². The standard InChI is InChI=1S/C11H13NO3S2/c1-11(2,16)12-17(13,14)9-4-3-8-5-6-15-10(8)7-9/h3-7,12,16H,1-2H3. The molecule has 0 spiro atoms. The Balaban J connectivity index is 2.45. The lowest BCUT2D eigenvalue weighted by atomic mass is 10.3. The predicted octanol–water partition coefficient (Wildman–Crippen LogP) is 2.38. The molecule has 1 heterocycles. The number of benzene rings is 1. The Morgan fingerprint density at radius 3 is 2.65 bits per heavy atom. The fraction of sp³-hybridized carbons (Fsp3) is 0.273. The van der Waals surface area contributed by atoms with Gasteiger partial charge in [-0.3, -0.25) is 0 Å². The third-order valence-electron chi connectivity index (χ3n) is 2.12. The SMILES string of the molecule is CC(C)(S)NS(=O)(=O)c1ccc2ccoc2c1. The smallest absolute Gasteiger partial charge is 0.241 e. The second-order valence-corrected chi connectivity index (χ2v) is 7.09. The second-order valence-electron chi connectivity index (χ2n) is 4.28. The minimum atomic E-state index is -3.57. The molecular weight excluding hydrogens is 258 g/mol. The Kier molecular flexibility index (Phi) is 2.97. The van der Waals surface area contributed by atoms with Crippen molar-refractivity contribution in [3.05, 3.63) is 30.5 Å². The summed E-state index contributed by atoms with van der Waals surface area (Å²) in [7, 11) is -3.57. The molecule has 2 rings (SSSR count). The minimum Gasteiger partial charge on any atom is -0.464 e. The van der Waals surface area contributed by atoms with Crippen molar-refractivity contribution in [2.75, 3.05) is 0 Å². The molecule has 0 saturated carbocycles. The van der Waals surface area contributed by atoms with Crippen LogP contribution in [-0.2, 0) is 10.0 Å². The zero-order valence-electron chi connectivity index (χ0n) is 9.47. The zero-order chi connectivity index (χ0) is 12.7. The molecule has 6 heteroatoms. The van der Waals surface area contributed by atoms with Crippen LogP contribution in [-0.4, -0.2) is 13.3 Å². The van der Waals surface area contributed by atoms with Gasteiger partial charge in [-0.2, -0.15) is 17.4 Å². The summed E-state index contributed by atoms with van der Waals surface area (Å²) in [4.78, 5) is -0.640. The molecule has 0 aliphatic rings. The van der Waals surface area contributed by atoms with E-state index >= 15 is 0 Å². The van der Waals surface area contributed by atoms with E-state index in [0.717, 1.165) is 5.39 Å². The quantitative estimate of drug-likeness (QED) is 0.665. The highest BCUT2D eigenvalue weighted by molar-refractivity contribution is 7.91. The van der Waals surface area contributed by atoms with Crippen LogP contribution in [0.1, 0.15) is 13.8 Å². The molecule has 0 radical (unpaired) electrons. The molecule has 4 nitrogen and oxygen atoms in total. The number of thiol groups is 1. The first-order chi connectivity index (χ1) is 7.78. The monoisotopic (exact) mass is 271 g/mol. The van der Waals surface area contributed by atoms with Crippen LogP contribution in [0, 0.1) is 0 Å². The summed E-state index contributed by atoms with van der Waals surface area (Å²) in [5.41, 5.74) is 0.546. The Labute approximate surface area is 105 Å². The van der Waals surface area contributed by atoms with Crippen LogP contribution in [0.2, 0.25) is 0 Å². The van der Waals surface area contributed by atoms with E-state index in [1.807, 2.05) is 0 Å². The number of sulfonamides is 1. The third kappa shape index (κ3) is 2.83. The van der Waals surface area contributed by atoms with Crippen molar-refractivity contribution < 1.29 is 12.8 Å². The largest absolute Gasteiger partial charge is 0.464 e. The Morgan fingerprint density at radius 1 is 1.29 bits per heavy atom. The second kappa shape index (κ2) is 4.04. The Morgan fingerprint density at radius 2 is 2.00 bits per heavy atom. The molecule has 0 atom stereocenters. The van der Waals surface area contributed by atoms with Gasteiger partial charge in [0.25, 0.3) is 0 Å². The van der Waals surface area contributed by atoms with Gasteiger partial charge in [-0.05, 0) is 32.0 Å². The molecule has 1 aromatic heterocycles. The fourth-order valence-corrected chi connectivity index (χ4v) is 3.14. The number of nitrogens with one attached hydrogen (secondary N) is 1. The van der Waals surface area contributed by atoms with Crippen molar-refractivity contribution in [3.63, 3.8) is 0 Å². The van der Waals surface area contributed by atoms with Crippen LogP contribution in [0.25, 0.3) is 11.0 Å². The molecule has 17 heavy (non-hydrogen) atoms. The van der Waals surface area contributed by atoms with E-state index in [0.29, 0.717) is 5.58 Å². The number of furan rings is 1. The fourth-order valence-electron chi connectivity index (χ4n) is 1.49.